The number of halogens is 1. The minimum atomic E-state index is -0.368. The smallest absolute Gasteiger partial charge is 0.298 e. The molecule has 0 saturated carbocycles. The molecular formula is C15H10BrNO4S. The zero-order chi connectivity index (χ0) is 15.7. The lowest BCUT2D eigenvalue weighted by molar-refractivity contribution is -0.113. The highest BCUT2D eigenvalue weighted by molar-refractivity contribution is 9.10. The summed E-state index contributed by atoms with van der Waals surface area (Å²) in [4.78, 5) is 26.0. The first-order chi connectivity index (χ1) is 10.6. The topological polar surface area (TPSA) is 59.8 Å². The van der Waals surface area contributed by atoms with Crippen LogP contribution >= 0.6 is 27.7 Å². The summed E-state index contributed by atoms with van der Waals surface area (Å²) in [6, 6.07) is 10.2. The minimum absolute atomic E-state index is 0.322. The summed E-state index contributed by atoms with van der Waals surface area (Å²) in [5, 5.41) is -0.341. The van der Waals surface area contributed by atoms with Gasteiger partial charge < -0.3 is 9.15 Å². The van der Waals surface area contributed by atoms with Gasteiger partial charge in [-0.25, -0.2) is 4.90 Å². The molecule has 0 N–H and O–H groups in total. The van der Waals surface area contributed by atoms with Gasteiger partial charge in [0.25, 0.3) is 11.1 Å². The molecule has 1 aliphatic rings. The van der Waals surface area contributed by atoms with E-state index in [1.54, 1.807) is 49.6 Å². The molecule has 1 aliphatic heterocycles. The minimum Gasteiger partial charge on any atom is -0.497 e. The predicted octanol–water partition coefficient (Wildman–Crippen LogP) is 4.29. The number of anilines is 1. The number of benzene rings is 1. The van der Waals surface area contributed by atoms with Crippen molar-refractivity contribution in [1.29, 1.82) is 0 Å². The molecule has 1 fully saturated rings. The molecule has 0 bridgehead atoms. The highest BCUT2D eigenvalue weighted by Crippen LogP contribution is 2.36. The third kappa shape index (κ3) is 2.82. The maximum absolute atomic E-state index is 12.4. The summed E-state index contributed by atoms with van der Waals surface area (Å²) in [5.74, 6) is 0.798. The van der Waals surface area contributed by atoms with E-state index in [0.29, 0.717) is 26.8 Å². The lowest BCUT2D eigenvalue weighted by Crippen LogP contribution is -2.27. The zero-order valence-corrected chi connectivity index (χ0v) is 13.8. The molecule has 22 heavy (non-hydrogen) atoms. The maximum atomic E-state index is 12.4. The van der Waals surface area contributed by atoms with E-state index < -0.39 is 0 Å². The number of thioether (sulfide) groups is 1. The van der Waals surface area contributed by atoms with Gasteiger partial charge in [-0.15, -0.1) is 0 Å². The number of ether oxygens (including phenoxy) is 1. The molecule has 0 spiro atoms. The van der Waals surface area contributed by atoms with Crippen LogP contribution in [0.15, 0.2) is 50.4 Å². The Morgan fingerprint density at radius 2 is 1.91 bits per heavy atom. The highest BCUT2D eigenvalue weighted by atomic mass is 79.9. The molecule has 112 valence electrons. The van der Waals surface area contributed by atoms with Crippen molar-refractivity contribution in [2.75, 3.05) is 12.0 Å². The fourth-order valence-electron chi connectivity index (χ4n) is 1.96. The second-order valence-corrected chi connectivity index (χ2v) is 6.13. The van der Waals surface area contributed by atoms with Gasteiger partial charge in [0.1, 0.15) is 11.5 Å². The number of hydrogen-bond acceptors (Lipinski definition) is 5. The molecular weight excluding hydrogens is 370 g/mol. The molecule has 0 radical (unpaired) electrons. The molecule has 2 amide bonds. The zero-order valence-electron chi connectivity index (χ0n) is 11.4. The van der Waals surface area contributed by atoms with Crippen molar-refractivity contribution in [2.24, 2.45) is 0 Å². The normalized spacial score (nSPS) is 16.6. The number of nitrogens with zero attached hydrogens (tertiary/aromatic N) is 1. The number of methoxy groups -OCH3 is 1. The van der Waals surface area contributed by atoms with Crippen molar-refractivity contribution in [3.63, 3.8) is 0 Å². The Kier molecular flexibility index (Phi) is 4.08. The second kappa shape index (κ2) is 6.02. The van der Waals surface area contributed by atoms with Gasteiger partial charge in [-0.1, -0.05) is 0 Å². The van der Waals surface area contributed by atoms with Crippen molar-refractivity contribution < 1.29 is 18.7 Å². The van der Waals surface area contributed by atoms with Gasteiger partial charge in [0, 0.05) is 6.08 Å². The Labute approximate surface area is 139 Å². The highest BCUT2D eigenvalue weighted by Gasteiger charge is 2.36. The van der Waals surface area contributed by atoms with Crippen molar-refractivity contribution >= 4 is 50.6 Å². The molecule has 2 heterocycles. The average Bonchev–Trinajstić information content (AvgIpc) is 3.03. The summed E-state index contributed by atoms with van der Waals surface area (Å²) >= 11 is 4.08. The Balaban J connectivity index is 1.89. The fourth-order valence-corrected chi connectivity index (χ4v) is 3.10. The Morgan fingerprint density at radius 3 is 2.50 bits per heavy atom. The van der Waals surface area contributed by atoms with Crippen LogP contribution in [-0.2, 0) is 4.79 Å². The molecule has 2 aromatic rings. The van der Waals surface area contributed by atoms with Gasteiger partial charge in [-0.05, 0) is 64.1 Å². The van der Waals surface area contributed by atoms with Gasteiger partial charge in [-0.3, -0.25) is 9.59 Å². The van der Waals surface area contributed by atoms with Crippen LogP contribution in [0.3, 0.4) is 0 Å². The molecule has 0 unspecified atom stereocenters. The lowest BCUT2D eigenvalue weighted by atomic mass is 10.2. The van der Waals surface area contributed by atoms with Gasteiger partial charge in [0.2, 0.25) is 0 Å². The first-order valence-electron chi connectivity index (χ1n) is 6.26. The number of imide groups is 1. The summed E-state index contributed by atoms with van der Waals surface area (Å²) in [6.07, 6.45) is 1.55. The summed E-state index contributed by atoms with van der Waals surface area (Å²) in [6.45, 7) is 0. The Hall–Kier alpha value is -1.99. The van der Waals surface area contributed by atoms with Crippen LogP contribution in [0.25, 0.3) is 6.08 Å². The quantitative estimate of drug-likeness (QED) is 0.744. The van der Waals surface area contributed by atoms with Crippen molar-refractivity contribution in [3.05, 3.63) is 51.7 Å². The van der Waals surface area contributed by atoms with Gasteiger partial charge in [0.15, 0.2) is 4.67 Å². The van der Waals surface area contributed by atoms with Crippen molar-refractivity contribution in [3.8, 4) is 5.75 Å². The molecule has 1 saturated heterocycles. The Bertz CT molecular complexity index is 766. The van der Waals surface area contributed by atoms with E-state index in [-0.39, 0.29) is 11.1 Å². The molecule has 0 atom stereocenters. The lowest BCUT2D eigenvalue weighted by Gasteiger charge is -2.12. The number of carbonyl (C=O) groups is 2. The number of hydrogen-bond donors (Lipinski definition) is 0. The van der Waals surface area contributed by atoms with E-state index in [2.05, 4.69) is 15.9 Å². The fraction of sp³-hybridized carbons (Fsp3) is 0.0667. The maximum Gasteiger partial charge on any atom is 0.298 e. The molecule has 1 aromatic carbocycles. The third-order valence-electron chi connectivity index (χ3n) is 2.99. The van der Waals surface area contributed by atoms with Crippen LogP contribution in [0.1, 0.15) is 5.76 Å². The van der Waals surface area contributed by atoms with Crippen LogP contribution in [0.5, 0.6) is 5.75 Å². The average molecular weight is 380 g/mol. The van der Waals surface area contributed by atoms with E-state index in [0.717, 1.165) is 16.7 Å². The summed E-state index contributed by atoms with van der Waals surface area (Å²) < 4.78 is 11.0. The van der Waals surface area contributed by atoms with Crippen LogP contribution < -0.4 is 9.64 Å². The monoisotopic (exact) mass is 379 g/mol. The van der Waals surface area contributed by atoms with E-state index in [1.165, 1.54) is 0 Å². The van der Waals surface area contributed by atoms with E-state index in [9.17, 15) is 9.59 Å². The van der Waals surface area contributed by atoms with E-state index >= 15 is 0 Å². The number of amides is 2. The molecule has 5 nitrogen and oxygen atoms in total. The molecule has 1 aromatic heterocycles. The SMILES string of the molecule is COc1ccc(N2C(=O)S/C(=C/c3ccc(Br)o3)C2=O)cc1. The van der Waals surface area contributed by atoms with E-state index in [1.807, 2.05) is 0 Å². The van der Waals surface area contributed by atoms with Crippen molar-refractivity contribution in [2.45, 2.75) is 0 Å². The van der Waals surface area contributed by atoms with Crippen molar-refractivity contribution in [1.82, 2.24) is 0 Å². The van der Waals surface area contributed by atoms with Gasteiger partial charge >= 0.3 is 0 Å². The standard InChI is InChI=1S/C15H10BrNO4S/c1-20-10-4-2-9(3-5-10)17-14(18)12(22-15(17)19)8-11-6-7-13(16)21-11/h2-8H,1H3/b12-8+. The third-order valence-corrected chi connectivity index (χ3v) is 4.29. The number of furan rings is 1. The molecule has 7 heteroatoms. The molecule has 0 aliphatic carbocycles. The van der Waals surface area contributed by atoms with Crippen LogP contribution in [-0.4, -0.2) is 18.3 Å². The number of rotatable bonds is 3. The van der Waals surface area contributed by atoms with Crippen LogP contribution in [0, 0.1) is 0 Å². The van der Waals surface area contributed by atoms with Crippen LogP contribution in [0.2, 0.25) is 0 Å². The first-order valence-corrected chi connectivity index (χ1v) is 7.87. The van der Waals surface area contributed by atoms with Gasteiger partial charge in [-0.2, -0.15) is 0 Å². The first kappa shape index (κ1) is 14.9. The Morgan fingerprint density at radius 1 is 1.18 bits per heavy atom. The largest absolute Gasteiger partial charge is 0.497 e. The molecule has 3 rings (SSSR count). The van der Waals surface area contributed by atoms with E-state index in [4.69, 9.17) is 9.15 Å². The second-order valence-electron chi connectivity index (χ2n) is 4.36. The summed E-state index contributed by atoms with van der Waals surface area (Å²) in [7, 11) is 1.55. The summed E-state index contributed by atoms with van der Waals surface area (Å²) in [5.41, 5.74) is 0.507. The van der Waals surface area contributed by atoms with Crippen LogP contribution in [0.4, 0.5) is 10.5 Å². The predicted molar refractivity (Wildman–Crippen MR) is 87.9 cm³/mol. The number of carbonyl (C=O) groups excluding carboxylic acids is 2. The van der Waals surface area contributed by atoms with Gasteiger partial charge in [0.05, 0.1) is 17.7 Å².